The highest BCUT2D eigenvalue weighted by Gasteiger charge is 2.14. The molecule has 0 atom stereocenters. The largest absolute Gasteiger partial charge is 0.370 e. The van der Waals surface area contributed by atoms with Gasteiger partial charge in [-0.25, -0.2) is 4.68 Å². The van der Waals surface area contributed by atoms with Crippen molar-refractivity contribution in [2.24, 2.45) is 0 Å². The van der Waals surface area contributed by atoms with Gasteiger partial charge in [0, 0.05) is 30.8 Å². The third kappa shape index (κ3) is 5.51. The fourth-order valence-electron chi connectivity index (χ4n) is 3.43. The van der Waals surface area contributed by atoms with E-state index in [-0.39, 0.29) is 0 Å². The van der Waals surface area contributed by atoms with Crippen LogP contribution >= 0.6 is 12.2 Å². The highest BCUT2D eigenvalue weighted by atomic mass is 32.1. The van der Waals surface area contributed by atoms with Crippen molar-refractivity contribution in [1.29, 1.82) is 0 Å². The summed E-state index contributed by atoms with van der Waals surface area (Å²) < 4.78 is 7.39. The maximum atomic E-state index is 5.43. The van der Waals surface area contributed by atoms with E-state index in [0.717, 1.165) is 56.3 Å². The number of aromatic nitrogens is 2. The van der Waals surface area contributed by atoms with E-state index in [4.69, 9.17) is 17.0 Å². The van der Waals surface area contributed by atoms with E-state index in [9.17, 15) is 0 Å². The van der Waals surface area contributed by atoms with E-state index < -0.39 is 0 Å². The number of quaternary nitrogens is 1. The summed E-state index contributed by atoms with van der Waals surface area (Å²) in [5, 5.41) is 12.0. The Morgan fingerprint density at radius 1 is 1.19 bits per heavy atom. The number of rotatable bonds is 7. The van der Waals surface area contributed by atoms with E-state index in [1.807, 2.05) is 29.8 Å². The van der Waals surface area contributed by atoms with Crippen molar-refractivity contribution in [3.63, 3.8) is 0 Å². The molecule has 6 nitrogen and oxygen atoms in total. The summed E-state index contributed by atoms with van der Waals surface area (Å²) in [7, 11) is 0. The standard InChI is InChI=1S/C20H29N5OS/c1-16-19(17(2)25(23-16)18-7-4-3-5-8-18)15-22-20(27)21-9-6-10-24-11-13-26-14-12-24/h3-5,7-8H,6,9-15H2,1-2H3,(H2,21,22,27)/p+1. The SMILES string of the molecule is Cc1nn(-c2ccccc2)c(C)c1CNC(=S)NCCC[NH+]1CCOCC1. The van der Waals surface area contributed by atoms with Gasteiger partial charge in [-0.3, -0.25) is 0 Å². The molecule has 1 aromatic carbocycles. The van der Waals surface area contributed by atoms with Crippen molar-refractivity contribution < 1.29 is 9.64 Å². The van der Waals surface area contributed by atoms with Crippen molar-refractivity contribution >= 4 is 17.3 Å². The van der Waals surface area contributed by atoms with Gasteiger partial charge in [-0.2, -0.15) is 5.10 Å². The molecule has 1 fully saturated rings. The maximum Gasteiger partial charge on any atom is 0.166 e. The molecular formula is C20H30N5OS+. The Kier molecular flexibility index (Phi) is 7.20. The molecule has 27 heavy (non-hydrogen) atoms. The van der Waals surface area contributed by atoms with Crippen LogP contribution in [0.25, 0.3) is 5.69 Å². The predicted molar refractivity (Wildman–Crippen MR) is 111 cm³/mol. The minimum atomic E-state index is 0.686. The highest BCUT2D eigenvalue weighted by molar-refractivity contribution is 7.80. The summed E-state index contributed by atoms with van der Waals surface area (Å²) in [6.45, 7) is 10.9. The third-order valence-electron chi connectivity index (χ3n) is 5.06. The molecule has 0 unspecified atom stereocenters. The number of nitrogens with one attached hydrogen (secondary N) is 3. The van der Waals surface area contributed by atoms with Crippen LogP contribution in [0, 0.1) is 13.8 Å². The summed E-state index contributed by atoms with van der Waals surface area (Å²) in [5.74, 6) is 0. The first-order valence-corrected chi connectivity index (χ1v) is 10.1. The Morgan fingerprint density at radius 3 is 2.67 bits per heavy atom. The number of ether oxygens (including phenoxy) is 1. The zero-order valence-corrected chi connectivity index (χ0v) is 17.1. The first-order valence-electron chi connectivity index (χ1n) is 9.68. The minimum absolute atomic E-state index is 0.686. The second kappa shape index (κ2) is 9.82. The van der Waals surface area contributed by atoms with Gasteiger partial charge >= 0.3 is 0 Å². The first kappa shape index (κ1) is 19.8. The van der Waals surface area contributed by atoms with Crippen molar-refractivity contribution in [2.75, 3.05) is 39.4 Å². The van der Waals surface area contributed by atoms with Crippen LogP contribution in [0.3, 0.4) is 0 Å². The van der Waals surface area contributed by atoms with Crippen LogP contribution in [-0.2, 0) is 11.3 Å². The topological polar surface area (TPSA) is 55.5 Å². The summed E-state index contributed by atoms with van der Waals surface area (Å²) >= 11 is 5.43. The lowest BCUT2D eigenvalue weighted by molar-refractivity contribution is -0.908. The normalized spacial score (nSPS) is 14.9. The number of hydrogen-bond donors (Lipinski definition) is 3. The smallest absolute Gasteiger partial charge is 0.166 e. The summed E-state index contributed by atoms with van der Waals surface area (Å²) in [4.78, 5) is 1.63. The van der Waals surface area contributed by atoms with Gasteiger partial charge in [0.05, 0.1) is 31.1 Å². The van der Waals surface area contributed by atoms with E-state index in [0.29, 0.717) is 11.7 Å². The molecular weight excluding hydrogens is 358 g/mol. The first-order chi connectivity index (χ1) is 13.1. The number of para-hydroxylation sites is 1. The van der Waals surface area contributed by atoms with Crippen LogP contribution in [0.5, 0.6) is 0 Å². The van der Waals surface area contributed by atoms with Crippen LogP contribution < -0.4 is 15.5 Å². The van der Waals surface area contributed by atoms with Crippen LogP contribution in [0.4, 0.5) is 0 Å². The minimum Gasteiger partial charge on any atom is -0.370 e. The highest BCUT2D eigenvalue weighted by Crippen LogP contribution is 2.17. The van der Waals surface area contributed by atoms with Gasteiger partial charge in [0.15, 0.2) is 5.11 Å². The molecule has 0 radical (unpaired) electrons. The van der Waals surface area contributed by atoms with E-state index in [1.165, 1.54) is 12.1 Å². The zero-order chi connectivity index (χ0) is 19.1. The number of hydrogen-bond acceptors (Lipinski definition) is 3. The number of benzene rings is 1. The average molecular weight is 389 g/mol. The van der Waals surface area contributed by atoms with Crippen LogP contribution in [0.15, 0.2) is 30.3 Å². The van der Waals surface area contributed by atoms with Gasteiger partial charge in [-0.15, -0.1) is 0 Å². The molecule has 7 heteroatoms. The third-order valence-corrected chi connectivity index (χ3v) is 5.35. The zero-order valence-electron chi connectivity index (χ0n) is 16.3. The second-order valence-electron chi connectivity index (χ2n) is 6.97. The molecule has 0 spiro atoms. The molecule has 1 aliphatic rings. The van der Waals surface area contributed by atoms with Gasteiger partial charge in [0.25, 0.3) is 0 Å². The molecule has 3 rings (SSSR count). The van der Waals surface area contributed by atoms with Gasteiger partial charge in [-0.1, -0.05) is 18.2 Å². The summed E-state index contributed by atoms with van der Waals surface area (Å²) in [6, 6.07) is 10.2. The quantitative estimate of drug-likeness (QED) is 0.483. The van der Waals surface area contributed by atoms with Gasteiger partial charge in [0.1, 0.15) is 13.1 Å². The maximum absolute atomic E-state index is 5.43. The molecule has 1 aromatic heterocycles. The molecule has 146 valence electrons. The lowest BCUT2D eigenvalue weighted by Crippen LogP contribution is -3.14. The molecule has 2 heterocycles. The molecule has 2 aromatic rings. The second-order valence-corrected chi connectivity index (χ2v) is 7.38. The van der Waals surface area contributed by atoms with E-state index in [2.05, 4.69) is 34.8 Å². The summed E-state index contributed by atoms with van der Waals surface area (Å²) in [6.07, 6.45) is 1.11. The van der Waals surface area contributed by atoms with Gasteiger partial charge in [-0.05, 0) is 38.2 Å². The van der Waals surface area contributed by atoms with Crippen LogP contribution in [-0.4, -0.2) is 54.3 Å². The van der Waals surface area contributed by atoms with E-state index >= 15 is 0 Å². The average Bonchev–Trinajstić information content (AvgIpc) is 2.99. The van der Waals surface area contributed by atoms with Crippen molar-refractivity contribution in [2.45, 2.75) is 26.8 Å². The fourth-order valence-corrected chi connectivity index (χ4v) is 3.61. The lowest BCUT2D eigenvalue weighted by Gasteiger charge is -2.23. The number of nitrogens with zero attached hydrogens (tertiary/aromatic N) is 2. The Labute approximate surface area is 166 Å². The molecule has 0 amide bonds. The predicted octanol–water partition coefficient (Wildman–Crippen LogP) is 0.758. The van der Waals surface area contributed by atoms with Gasteiger partial charge < -0.3 is 20.3 Å². The molecule has 3 N–H and O–H groups in total. The van der Waals surface area contributed by atoms with E-state index in [1.54, 1.807) is 4.90 Å². The molecule has 0 bridgehead atoms. The summed E-state index contributed by atoms with van der Waals surface area (Å²) in [5.41, 5.74) is 4.45. The Bertz CT molecular complexity index is 740. The van der Waals surface area contributed by atoms with Crippen LogP contribution in [0.2, 0.25) is 0 Å². The molecule has 1 aliphatic heterocycles. The molecule has 1 saturated heterocycles. The van der Waals surface area contributed by atoms with Crippen molar-refractivity contribution in [3.05, 3.63) is 47.3 Å². The fraction of sp³-hybridized carbons (Fsp3) is 0.500. The number of morpholine rings is 1. The van der Waals surface area contributed by atoms with Crippen molar-refractivity contribution in [1.82, 2.24) is 20.4 Å². The van der Waals surface area contributed by atoms with Gasteiger partial charge in [0.2, 0.25) is 0 Å². The van der Waals surface area contributed by atoms with Crippen LogP contribution in [0.1, 0.15) is 23.4 Å². The Morgan fingerprint density at radius 2 is 1.93 bits per heavy atom. The Balaban J connectivity index is 1.44. The number of aryl methyl sites for hydroxylation is 1. The monoisotopic (exact) mass is 388 g/mol. The molecule has 0 saturated carbocycles. The molecule has 0 aliphatic carbocycles. The van der Waals surface area contributed by atoms with Crippen molar-refractivity contribution in [3.8, 4) is 5.69 Å². The number of thiocarbonyl (C=S) groups is 1. The lowest BCUT2D eigenvalue weighted by atomic mass is 10.2. The Hall–Kier alpha value is -1.96.